The Kier molecular flexibility index (Phi) is 6.35. The fourth-order valence-corrected chi connectivity index (χ4v) is 2.64. The molecule has 6 heteroatoms. The van der Waals surface area contributed by atoms with Crippen molar-refractivity contribution in [3.05, 3.63) is 83.8 Å². The molecule has 138 valence electrons. The molecule has 2 N–H and O–H groups in total. The lowest BCUT2D eigenvalue weighted by molar-refractivity contribution is 0.0953. The highest BCUT2D eigenvalue weighted by Gasteiger charge is 2.07. The lowest BCUT2D eigenvalue weighted by atomic mass is 10.1. The number of carbonyl (C=O) groups excluding carboxylic acids is 1. The molecule has 0 bridgehead atoms. The van der Waals surface area contributed by atoms with Crippen LogP contribution in [0.2, 0.25) is 0 Å². The van der Waals surface area contributed by atoms with Gasteiger partial charge < -0.3 is 15.4 Å². The maximum absolute atomic E-state index is 12.3. The predicted molar refractivity (Wildman–Crippen MR) is 105 cm³/mol. The molecular weight excluding hydrogens is 340 g/mol. The van der Waals surface area contributed by atoms with Gasteiger partial charge in [-0.15, -0.1) is 0 Å². The Balaban J connectivity index is 1.48. The van der Waals surface area contributed by atoms with Crippen molar-refractivity contribution < 1.29 is 9.53 Å². The van der Waals surface area contributed by atoms with E-state index in [1.54, 1.807) is 31.6 Å². The zero-order valence-electron chi connectivity index (χ0n) is 15.2. The van der Waals surface area contributed by atoms with Crippen LogP contribution in [0.1, 0.15) is 21.6 Å². The van der Waals surface area contributed by atoms with Crippen LogP contribution >= 0.6 is 0 Å². The second-order valence-electron chi connectivity index (χ2n) is 5.92. The van der Waals surface area contributed by atoms with Crippen molar-refractivity contribution in [2.24, 2.45) is 0 Å². The molecule has 1 amide bonds. The van der Waals surface area contributed by atoms with Gasteiger partial charge in [-0.3, -0.25) is 9.78 Å². The zero-order chi connectivity index (χ0) is 18.9. The highest BCUT2D eigenvalue weighted by Crippen LogP contribution is 2.17. The van der Waals surface area contributed by atoms with Crippen LogP contribution in [0.15, 0.2) is 67.0 Å². The summed E-state index contributed by atoms with van der Waals surface area (Å²) in [6.45, 7) is 1.11. The molecule has 0 spiro atoms. The normalized spacial score (nSPS) is 10.3. The Labute approximate surface area is 158 Å². The highest BCUT2D eigenvalue weighted by atomic mass is 16.5. The van der Waals surface area contributed by atoms with Gasteiger partial charge in [0.2, 0.25) is 0 Å². The third-order valence-electron chi connectivity index (χ3n) is 4.07. The van der Waals surface area contributed by atoms with E-state index in [4.69, 9.17) is 4.74 Å². The van der Waals surface area contributed by atoms with Gasteiger partial charge in [-0.1, -0.05) is 24.3 Å². The predicted octanol–water partition coefficient (Wildman–Crippen LogP) is 3.07. The topological polar surface area (TPSA) is 76.1 Å². The van der Waals surface area contributed by atoms with Crippen LogP contribution in [-0.4, -0.2) is 29.5 Å². The minimum atomic E-state index is -0.145. The number of carbonyl (C=O) groups is 1. The number of methoxy groups -OCH3 is 1. The lowest BCUT2D eigenvalue weighted by Crippen LogP contribution is -2.25. The van der Waals surface area contributed by atoms with Gasteiger partial charge in [0.1, 0.15) is 11.6 Å². The lowest BCUT2D eigenvalue weighted by Gasteiger charge is -2.09. The van der Waals surface area contributed by atoms with Gasteiger partial charge in [0.25, 0.3) is 5.91 Å². The SMILES string of the molecule is COc1ccccc1CCNC(=O)c1ccc(NCc2ccccn2)nc1. The van der Waals surface area contributed by atoms with Gasteiger partial charge in [0.05, 0.1) is 24.9 Å². The molecule has 2 heterocycles. The van der Waals surface area contributed by atoms with E-state index in [-0.39, 0.29) is 5.91 Å². The van der Waals surface area contributed by atoms with Crippen molar-refractivity contribution in [3.63, 3.8) is 0 Å². The van der Waals surface area contributed by atoms with E-state index in [0.717, 1.165) is 17.0 Å². The summed E-state index contributed by atoms with van der Waals surface area (Å²) in [7, 11) is 1.65. The summed E-state index contributed by atoms with van der Waals surface area (Å²) in [5, 5.41) is 6.10. The van der Waals surface area contributed by atoms with Gasteiger partial charge in [-0.05, 0) is 42.3 Å². The van der Waals surface area contributed by atoms with Gasteiger partial charge >= 0.3 is 0 Å². The number of amides is 1. The minimum Gasteiger partial charge on any atom is -0.496 e. The molecule has 0 aliphatic heterocycles. The van der Waals surface area contributed by atoms with Crippen LogP contribution in [-0.2, 0) is 13.0 Å². The number of para-hydroxylation sites is 1. The number of benzene rings is 1. The number of nitrogens with zero attached hydrogens (tertiary/aromatic N) is 2. The third kappa shape index (κ3) is 5.28. The summed E-state index contributed by atoms with van der Waals surface area (Å²) >= 11 is 0. The van der Waals surface area contributed by atoms with Crippen LogP contribution in [0, 0.1) is 0 Å². The molecule has 3 aromatic rings. The van der Waals surface area contributed by atoms with Crippen molar-refractivity contribution in [1.82, 2.24) is 15.3 Å². The Morgan fingerprint density at radius 1 is 1.04 bits per heavy atom. The summed E-state index contributed by atoms with van der Waals surface area (Å²) in [6.07, 6.45) is 4.02. The number of pyridine rings is 2. The van der Waals surface area contributed by atoms with Crippen molar-refractivity contribution in [3.8, 4) is 5.75 Å². The van der Waals surface area contributed by atoms with Gasteiger partial charge in [-0.2, -0.15) is 0 Å². The smallest absolute Gasteiger partial charge is 0.252 e. The molecule has 0 fully saturated rings. The summed E-state index contributed by atoms with van der Waals surface area (Å²) < 4.78 is 5.32. The first kappa shape index (κ1) is 18.4. The summed E-state index contributed by atoms with van der Waals surface area (Å²) in [5.41, 5.74) is 2.52. The Hall–Kier alpha value is -3.41. The molecular formula is C21H22N4O2. The molecule has 0 atom stereocenters. The minimum absolute atomic E-state index is 0.145. The molecule has 0 unspecified atom stereocenters. The largest absolute Gasteiger partial charge is 0.496 e. The number of hydrogen-bond acceptors (Lipinski definition) is 5. The molecule has 6 nitrogen and oxygen atoms in total. The summed E-state index contributed by atoms with van der Waals surface area (Å²) in [4.78, 5) is 20.8. The van der Waals surface area contributed by atoms with E-state index in [1.807, 2.05) is 42.5 Å². The third-order valence-corrected chi connectivity index (χ3v) is 4.07. The molecule has 0 saturated carbocycles. The van der Waals surface area contributed by atoms with Gasteiger partial charge in [0, 0.05) is 18.9 Å². The Morgan fingerprint density at radius 3 is 2.63 bits per heavy atom. The van der Waals surface area contributed by atoms with E-state index < -0.39 is 0 Å². The van der Waals surface area contributed by atoms with Crippen LogP contribution in [0.3, 0.4) is 0 Å². The monoisotopic (exact) mass is 362 g/mol. The number of ether oxygens (including phenoxy) is 1. The zero-order valence-corrected chi connectivity index (χ0v) is 15.2. The van der Waals surface area contributed by atoms with Crippen LogP contribution < -0.4 is 15.4 Å². The first-order valence-electron chi connectivity index (χ1n) is 8.76. The molecule has 2 aromatic heterocycles. The van der Waals surface area contributed by atoms with Crippen molar-refractivity contribution >= 4 is 11.7 Å². The van der Waals surface area contributed by atoms with E-state index in [1.165, 1.54) is 0 Å². The van der Waals surface area contributed by atoms with Crippen LogP contribution in [0.25, 0.3) is 0 Å². The number of nitrogens with one attached hydrogen (secondary N) is 2. The van der Waals surface area contributed by atoms with E-state index in [0.29, 0.717) is 30.9 Å². The van der Waals surface area contributed by atoms with Gasteiger partial charge in [-0.25, -0.2) is 4.98 Å². The van der Waals surface area contributed by atoms with Crippen molar-refractivity contribution in [2.45, 2.75) is 13.0 Å². The number of rotatable bonds is 8. The maximum atomic E-state index is 12.3. The first-order valence-corrected chi connectivity index (χ1v) is 8.76. The average Bonchev–Trinajstić information content (AvgIpc) is 2.73. The second-order valence-corrected chi connectivity index (χ2v) is 5.92. The number of hydrogen-bond donors (Lipinski definition) is 2. The van der Waals surface area contributed by atoms with E-state index in [9.17, 15) is 4.79 Å². The van der Waals surface area contributed by atoms with E-state index >= 15 is 0 Å². The van der Waals surface area contributed by atoms with E-state index in [2.05, 4.69) is 20.6 Å². The fraction of sp³-hybridized carbons (Fsp3) is 0.190. The second kappa shape index (κ2) is 9.33. The standard InChI is InChI=1S/C21H22N4O2/c1-27-19-8-3-2-6-16(19)11-13-23-21(26)17-9-10-20(24-14-17)25-15-18-7-4-5-12-22-18/h2-10,12,14H,11,13,15H2,1H3,(H,23,26)(H,24,25). The molecule has 3 rings (SSSR count). The van der Waals surface area contributed by atoms with Crippen molar-refractivity contribution in [1.29, 1.82) is 0 Å². The molecule has 1 aromatic carbocycles. The maximum Gasteiger partial charge on any atom is 0.252 e. The van der Waals surface area contributed by atoms with Crippen LogP contribution in [0.5, 0.6) is 5.75 Å². The number of anilines is 1. The van der Waals surface area contributed by atoms with Crippen molar-refractivity contribution in [2.75, 3.05) is 19.0 Å². The first-order chi connectivity index (χ1) is 13.3. The highest BCUT2D eigenvalue weighted by molar-refractivity contribution is 5.94. The number of aromatic nitrogens is 2. The quantitative estimate of drug-likeness (QED) is 0.644. The molecule has 0 radical (unpaired) electrons. The average molecular weight is 362 g/mol. The Morgan fingerprint density at radius 2 is 1.89 bits per heavy atom. The molecule has 0 aliphatic carbocycles. The molecule has 0 aliphatic rings. The summed E-state index contributed by atoms with van der Waals surface area (Å²) in [6, 6.07) is 17.1. The van der Waals surface area contributed by atoms with Gasteiger partial charge in [0.15, 0.2) is 0 Å². The molecule has 27 heavy (non-hydrogen) atoms. The van der Waals surface area contributed by atoms with Crippen LogP contribution in [0.4, 0.5) is 5.82 Å². The molecule has 0 saturated heterocycles. The summed E-state index contributed by atoms with van der Waals surface area (Å²) in [5.74, 6) is 1.39. The Bertz CT molecular complexity index is 867. The fourth-order valence-electron chi connectivity index (χ4n) is 2.64.